The summed E-state index contributed by atoms with van der Waals surface area (Å²) in [5.41, 5.74) is 3.63. The van der Waals surface area contributed by atoms with Gasteiger partial charge in [0, 0.05) is 11.6 Å². The normalized spacial score (nSPS) is 12.4. The van der Waals surface area contributed by atoms with Crippen LogP contribution in [0.25, 0.3) is 10.9 Å². The molecule has 3 aromatic rings. The van der Waals surface area contributed by atoms with Crippen LogP contribution < -0.4 is 5.32 Å². The van der Waals surface area contributed by atoms with Gasteiger partial charge in [0.05, 0.1) is 11.6 Å². The summed E-state index contributed by atoms with van der Waals surface area (Å²) < 4.78 is 0. The summed E-state index contributed by atoms with van der Waals surface area (Å²) in [4.78, 5) is 4.40. The Morgan fingerprint density at radius 3 is 2.62 bits per heavy atom. The van der Waals surface area contributed by atoms with Crippen LogP contribution in [0, 0.1) is 0 Å². The molecule has 1 N–H and O–H groups in total. The van der Waals surface area contributed by atoms with Crippen LogP contribution in [0.4, 0.5) is 0 Å². The van der Waals surface area contributed by atoms with Crippen molar-refractivity contribution in [3.63, 3.8) is 0 Å². The Labute approximate surface area is 125 Å². The second-order valence-electron chi connectivity index (χ2n) is 5.25. The first-order valence-electron chi connectivity index (χ1n) is 7.51. The first kappa shape index (κ1) is 13.8. The lowest BCUT2D eigenvalue weighted by Crippen LogP contribution is -2.23. The lowest BCUT2D eigenvalue weighted by Gasteiger charge is -2.20. The van der Waals surface area contributed by atoms with E-state index in [0.29, 0.717) is 0 Å². The van der Waals surface area contributed by atoms with Crippen molar-refractivity contribution in [3.05, 3.63) is 78.0 Å². The molecule has 0 saturated carbocycles. The molecule has 1 aromatic heterocycles. The number of pyridine rings is 1. The van der Waals surface area contributed by atoms with E-state index in [9.17, 15) is 0 Å². The van der Waals surface area contributed by atoms with Crippen molar-refractivity contribution >= 4 is 10.9 Å². The second kappa shape index (κ2) is 6.51. The van der Waals surface area contributed by atoms with Crippen molar-refractivity contribution < 1.29 is 0 Å². The molecule has 1 heterocycles. The molecular weight excluding hydrogens is 256 g/mol. The average molecular weight is 276 g/mol. The summed E-state index contributed by atoms with van der Waals surface area (Å²) >= 11 is 0. The molecule has 3 rings (SSSR count). The highest BCUT2D eigenvalue weighted by Crippen LogP contribution is 2.24. The smallest absolute Gasteiger partial charge is 0.0702 e. The van der Waals surface area contributed by atoms with Crippen LogP contribution >= 0.6 is 0 Å². The summed E-state index contributed by atoms with van der Waals surface area (Å²) in [6.45, 7) is 3.20. The lowest BCUT2D eigenvalue weighted by molar-refractivity contribution is 0.599. The lowest BCUT2D eigenvalue weighted by atomic mass is 9.97. The molecule has 2 nitrogen and oxygen atoms in total. The Balaban J connectivity index is 2.01. The number of hydrogen-bond acceptors (Lipinski definition) is 2. The van der Waals surface area contributed by atoms with Crippen LogP contribution in [0.2, 0.25) is 0 Å². The van der Waals surface area contributed by atoms with E-state index in [1.165, 1.54) is 16.5 Å². The molecule has 0 fully saturated rings. The van der Waals surface area contributed by atoms with Gasteiger partial charge in [-0.25, -0.2) is 0 Å². The van der Waals surface area contributed by atoms with Crippen LogP contribution in [0.15, 0.2) is 66.9 Å². The molecule has 0 aliphatic carbocycles. The van der Waals surface area contributed by atoms with E-state index in [4.69, 9.17) is 0 Å². The summed E-state index contributed by atoms with van der Waals surface area (Å²) in [6, 6.07) is 21.5. The van der Waals surface area contributed by atoms with Crippen LogP contribution in [0.1, 0.15) is 30.5 Å². The fourth-order valence-electron chi connectivity index (χ4n) is 2.64. The number of nitrogens with one attached hydrogen (secondary N) is 1. The minimum absolute atomic E-state index is 0.232. The molecule has 0 bridgehead atoms. The zero-order chi connectivity index (χ0) is 14.5. The zero-order valence-electron chi connectivity index (χ0n) is 12.3. The van der Waals surface area contributed by atoms with E-state index in [0.717, 1.165) is 18.5 Å². The SMILES string of the molecule is CCCNC(c1ccccc1)c1ccc2ncccc2c1. The third-order valence-electron chi connectivity index (χ3n) is 3.69. The predicted octanol–water partition coefficient (Wildman–Crippen LogP) is 4.32. The van der Waals surface area contributed by atoms with E-state index in [2.05, 4.69) is 71.8 Å². The molecule has 2 aromatic carbocycles. The molecule has 0 aliphatic rings. The molecule has 2 heteroatoms. The maximum absolute atomic E-state index is 4.40. The zero-order valence-corrected chi connectivity index (χ0v) is 12.3. The summed E-state index contributed by atoms with van der Waals surface area (Å²) in [6.07, 6.45) is 2.96. The maximum Gasteiger partial charge on any atom is 0.0702 e. The maximum atomic E-state index is 4.40. The quantitative estimate of drug-likeness (QED) is 0.750. The average Bonchev–Trinajstić information content (AvgIpc) is 2.56. The molecular formula is C19H20N2. The van der Waals surface area contributed by atoms with E-state index < -0.39 is 0 Å². The van der Waals surface area contributed by atoms with Crippen molar-refractivity contribution in [2.75, 3.05) is 6.54 Å². The predicted molar refractivity (Wildman–Crippen MR) is 88.3 cm³/mol. The van der Waals surface area contributed by atoms with Gasteiger partial charge < -0.3 is 5.32 Å². The number of fused-ring (bicyclic) bond motifs is 1. The van der Waals surface area contributed by atoms with Gasteiger partial charge >= 0.3 is 0 Å². The fraction of sp³-hybridized carbons (Fsp3) is 0.211. The van der Waals surface area contributed by atoms with Gasteiger partial charge in [-0.05, 0) is 42.3 Å². The number of hydrogen-bond donors (Lipinski definition) is 1. The largest absolute Gasteiger partial charge is 0.306 e. The molecule has 0 aliphatic heterocycles. The second-order valence-corrected chi connectivity index (χ2v) is 5.25. The van der Waals surface area contributed by atoms with Crippen molar-refractivity contribution in [2.45, 2.75) is 19.4 Å². The Hall–Kier alpha value is -2.19. The minimum atomic E-state index is 0.232. The van der Waals surface area contributed by atoms with Crippen molar-refractivity contribution in [1.29, 1.82) is 0 Å². The third-order valence-corrected chi connectivity index (χ3v) is 3.69. The molecule has 0 radical (unpaired) electrons. The molecule has 106 valence electrons. The summed E-state index contributed by atoms with van der Waals surface area (Å²) in [5, 5.41) is 4.84. The standard InChI is InChI=1S/C19H20N2/c1-2-12-21-19(15-7-4-3-5-8-15)17-10-11-18-16(14-17)9-6-13-20-18/h3-11,13-14,19,21H,2,12H2,1H3. The van der Waals surface area contributed by atoms with Gasteiger partial charge in [-0.3, -0.25) is 4.98 Å². The van der Waals surface area contributed by atoms with E-state index >= 15 is 0 Å². The Bertz CT molecular complexity index is 707. The minimum Gasteiger partial charge on any atom is -0.306 e. The van der Waals surface area contributed by atoms with Gasteiger partial charge in [0.1, 0.15) is 0 Å². The number of benzene rings is 2. The Morgan fingerprint density at radius 1 is 0.952 bits per heavy atom. The van der Waals surface area contributed by atoms with Crippen molar-refractivity contribution in [1.82, 2.24) is 10.3 Å². The fourth-order valence-corrected chi connectivity index (χ4v) is 2.64. The van der Waals surface area contributed by atoms with E-state index in [1.54, 1.807) is 0 Å². The topological polar surface area (TPSA) is 24.9 Å². The number of rotatable bonds is 5. The first-order chi connectivity index (χ1) is 10.4. The van der Waals surface area contributed by atoms with E-state index in [-0.39, 0.29) is 6.04 Å². The van der Waals surface area contributed by atoms with Gasteiger partial charge in [-0.2, -0.15) is 0 Å². The Morgan fingerprint density at radius 2 is 1.81 bits per heavy atom. The van der Waals surface area contributed by atoms with Gasteiger partial charge in [0.25, 0.3) is 0 Å². The van der Waals surface area contributed by atoms with Crippen LogP contribution in [0.3, 0.4) is 0 Å². The summed E-state index contributed by atoms with van der Waals surface area (Å²) in [5.74, 6) is 0. The molecule has 21 heavy (non-hydrogen) atoms. The van der Waals surface area contributed by atoms with Crippen LogP contribution in [-0.2, 0) is 0 Å². The molecule has 1 atom stereocenters. The monoisotopic (exact) mass is 276 g/mol. The number of aromatic nitrogens is 1. The highest BCUT2D eigenvalue weighted by Gasteiger charge is 2.13. The van der Waals surface area contributed by atoms with Gasteiger partial charge in [0.15, 0.2) is 0 Å². The van der Waals surface area contributed by atoms with Crippen molar-refractivity contribution in [2.24, 2.45) is 0 Å². The molecule has 0 saturated heterocycles. The van der Waals surface area contributed by atoms with Crippen LogP contribution in [0.5, 0.6) is 0 Å². The van der Waals surface area contributed by atoms with Gasteiger partial charge in [0.2, 0.25) is 0 Å². The molecule has 0 spiro atoms. The molecule has 1 unspecified atom stereocenters. The number of nitrogens with zero attached hydrogens (tertiary/aromatic N) is 1. The Kier molecular flexibility index (Phi) is 4.27. The summed E-state index contributed by atoms with van der Waals surface area (Å²) in [7, 11) is 0. The highest BCUT2D eigenvalue weighted by molar-refractivity contribution is 5.79. The molecule has 0 amide bonds. The van der Waals surface area contributed by atoms with E-state index in [1.807, 2.05) is 12.3 Å². The van der Waals surface area contributed by atoms with Gasteiger partial charge in [-0.1, -0.05) is 49.4 Å². The third kappa shape index (κ3) is 3.11. The van der Waals surface area contributed by atoms with Gasteiger partial charge in [-0.15, -0.1) is 0 Å². The van der Waals surface area contributed by atoms with Crippen LogP contribution in [-0.4, -0.2) is 11.5 Å². The first-order valence-corrected chi connectivity index (χ1v) is 7.51. The van der Waals surface area contributed by atoms with Crippen molar-refractivity contribution in [3.8, 4) is 0 Å². The highest BCUT2D eigenvalue weighted by atomic mass is 14.9.